The number of carbonyl (C=O) groups excluding carboxylic acids is 1. The van der Waals surface area contributed by atoms with E-state index < -0.39 is 5.82 Å². The van der Waals surface area contributed by atoms with E-state index in [0.29, 0.717) is 29.7 Å². The van der Waals surface area contributed by atoms with Gasteiger partial charge in [-0.25, -0.2) is 19.2 Å². The highest BCUT2D eigenvalue weighted by Gasteiger charge is 2.39. The van der Waals surface area contributed by atoms with Gasteiger partial charge in [0.1, 0.15) is 11.5 Å². The predicted octanol–water partition coefficient (Wildman–Crippen LogP) is 4.57. The lowest BCUT2D eigenvalue weighted by Crippen LogP contribution is -2.59. The van der Waals surface area contributed by atoms with Gasteiger partial charge in [0.25, 0.3) is 0 Å². The maximum Gasteiger partial charge on any atom is 0.343 e. The van der Waals surface area contributed by atoms with Gasteiger partial charge in [-0.05, 0) is 38.0 Å². The normalized spacial score (nSPS) is 17.3. The van der Waals surface area contributed by atoms with Crippen LogP contribution in [0.5, 0.6) is 0 Å². The molecule has 1 fully saturated rings. The molecule has 7 nitrogen and oxygen atoms in total. The number of aromatic nitrogens is 2. The van der Waals surface area contributed by atoms with Gasteiger partial charge in [0, 0.05) is 19.3 Å². The summed E-state index contributed by atoms with van der Waals surface area (Å²) in [6.07, 6.45) is 5.94. The highest BCUT2D eigenvalue weighted by Crippen LogP contribution is 2.38. The highest BCUT2D eigenvalue weighted by molar-refractivity contribution is 6.30. The van der Waals surface area contributed by atoms with Crippen molar-refractivity contribution in [1.29, 1.82) is 0 Å². The van der Waals surface area contributed by atoms with Crippen molar-refractivity contribution in [3.63, 3.8) is 0 Å². The molecule has 2 aromatic rings. The largest absolute Gasteiger partial charge is 0.343 e. The maximum absolute atomic E-state index is 13.7. The summed E-state index contributed by atoms with van der Waals surface area (Å²) in [6, 6.07) is 4.58. The van der Waals surface area contributed by atoms with Gasteiger partial charge in [0.2, 0.25) is 5.95 Å². The van der Waals surface area contributed by atoms with Crippen LogP contribution >= 0.6 is 11.6 Å². The monoisotopic (exact) mass is 404 g/mol. The number of urea groups is 1. The standard InChI is InChI=1S/C19H22ClFN6O/c1-3-26-19(28)25(2)16-11-22-18(23-12-8-9-14(20)15(21)10-12)24-17(16)27(26)13-6-4-5-7-13/h8-11,13H,3-7H2,1-2H3,(H,22,23,24). The molecule has 1 aromatic carbocycles. The molecule has 0 spiro atoms. The number of hydrogen-bond donors (Lipinski definition) is 1. The van der Waals surface area contributed by atoms with Crippen molar-refractivity contribution >= 4 is 40.8 Å². The smallest absolute Gasteiger partial charge is 0.324 e. The first-order valence-electron chi connectivity index (χ1n) is 9.43. The minimum absolute atomic E-state index is 0.0584. The van der Waals surface area contributed by atoms with Gasteiger partial charge in [-0.1, -0.05) is 24.4 Å². The number of nitrogens with zero attached hydrogens (tertiary/aromatic N) is 5. The summed E-state index contributed by atoms with van der Waals surface area (Å²) in [5.41, 5.74) is 1.16. The second-order valence-electron chi connectivity index (χ2n) is 7.00. The molecular weight excluding hydrogens is 383 g/mol. The molecule has 2 aliphatic rings. The Bertz CT molecular complexity index is 904. The van der Waals surface area contributed by atoms with Gasteiger partial charge in [-0.3, -0.25) is 9.91 Å². The Morgan fingerprint density at radius 3 is 2.75 bits per heavy atom. The van der Waals surface area contributed by atoms with E-state index in [1.165, 1.54) is 12.1 Å². The van der Waals surface area contributed by atoms with Crippen LogP contribution in [0.25, 0.3) is 0 Å². The molecule has 1 aliphatic heterocycles. The second-order valence-corrected chi connectivity index (χ2v) is 7.40. The third-order valence-electron chi connectivity index (χ3n) is 5.24. The van der Waals surface area contributed by atoms with E-state index in [2.05, 4.69) is 15.3 Å². The Morgan fingerprint density at radius 1 is 1.32 bits per heavy atom. The van der Waals surface area contributed by atoms with Crippen molar-refractivity contribution < 1.29 is 9.18 Å². The molecule has 0 unspecified atom stereocenters. The number of halogens is 2. The molecule has 1 aliphatic carbocycles. The van der Waals surface area contributed by atoms with Crippen molar-refractivity contribution in [3.05, 3.63) is 35.2 Å². The molecule has 0 atom stereocenters. The lowest BCUT2D eigenvalue weighted by atomic mass is 10.2. The zero-order valence-corrected chi connectivity index (χ0v) is 16.6. The highest BCUT2D eigenvalue weighted by atomic mass is 35.5. The van der Waals surface area contributed by atoms with Crippen LogP contribution in [0.1, 0.15) is 32.6 Å². The van der Waals surface area contributed by atoms with Crippen LogP contribution in [0, 0.1) is 5.82 Å². The molecule has 28 heavy (non-hydrogen) atoms. The Labute approximate surface area is 168 Å². The lowest BCUT2D eigenvalue weighted by Gasteiger charge is -2.45. The van der Waals surface area contributed by atoms with Crippen LogP contribution in [-0.4, -0.2) is 40.6 Å². The quantitative estimate of drug-likeness (QED) is 0.808. The Kier molecular flexibility index (Phi) is 4.97. The minimum Gasteiger partial charge on any atom is -0.324 e. The number of hydrazine groups is 1. The van der Waals surface area contributed by atoms with Crippen LogP contribution in [0.4, 0.5) is 32.3 Å². The zero-order valence-electron chi connectivity index (χ0n) is 15.8. The molecule has 1 saturated carbocycles. The molecule has 9 heteroatoms. The Hall–Kier alpha value is -2.61. The molecule has 0 radical (unpaired) electrons. The molecule has 0 bridgehead atoms. The summed E-state index contributed by atoms with van der Waals surface area (Å²) in [7, 11) is 1.72. The number of amides is 2. The fraction of sp³-hybridized carbons (Fsp3) is 0.421. The average Bonchev–Trinajstić information content (AvgIpc) is 3.21. The summed E-state index contributed by atoms with van der Waals surface area (Å²) in [5.74, 6) is 0.504. The van der Waals surface area contributed by atoms with Crippen LogP contribution < -0.4 is 15.2 Å². The van der Waals surface area contributed by atoms with Crippen LogP contribution in [0.15, 0.2) is 24.4 Å². The molecule has 1 aromatic heterocycles. The number of fused-ring (bicyclic) bond motifs is 1. The summed E-state index contributed by atoms with van der Waals surface area (Å²) >= 11 is 5.75. The summed E-state index contributed by atoms with van der Waals surface area (Å²) in [5, 5.41) is 6.83. The van der Waals surface area contributed by atoms with Crippen molar-refractivity contribution in [2.24, 2.45) is 0 Å². The Morgan fingerprint density at radius 2 is 2.07 bits per heavy atom. The van der Waals surface area contributed by atoms with E-state index in [4.69, 9.17) is 11.6 Å². The van der Waals surface area contributed by atoms with E-state index in [-0.39, 0.29) is 17.1 Å². The topological polar surface area (TPSA) is 64.6 Å². The van der Waals surface area contributed by atoms with Gasteiger partial charge in [-0.15, -0.1) is 0 Å². The number of benzene rings is 1. The second kappa shape index (κ2) is 7.43. The number of nitrogens with one attached hydrogen (secondary N) is 1. The van der Waals surface area contributed by atoms with E-state index in [1.54, 1.807) is 29.2 Å². The Balaban J connectivity index is 1.72. The predicted molar refractivity (Wildman–Crippen MR) is 108 cm³/mol. The van der Waals surface area contributed by atoms with Crippen LogP contribution in [0.2, 0.25) is 5.02 Å². The van der Waals surface area contributed by atoms with Gasteiger partial charge >= 0.3 is 6.03 Å². The number of anilines is 4. The fourth-order valence-electron chi connectivity index (χ4n) is 3.82. The molecule has 2 heterocycles. The molecule has 0 saturated heterocycles. The molecule has 148 valence electrons. The van der Waals surface area contributed by atoms with Gasteiger partial charge in [0.05, 0.1) is 17.3 Å². The van der Waals surface area contributed by atoms with Crippen LogP contribution in [-0.2, 0) is 0 Å². The third kappa shape index (κ3) is 3.22. The number of carbonyl (C=O) groups is 1. The van der Waals surface area contributed by atoms with E-state index >= 15 is 0 Å². The zero-order chi connectivity index (χ0) is 19.8. The fourth-order valence-corrected chi connectivity index (χ4v) is 3.94. The van der Waals surface area contributed by atoms with Crippen molar-refractivity contribution in [2.45, 2.75) is 38.6 Å². The van der Waals surface area contributed by atoms with Crippen molar-refractivity contribution in [1.82, 2.24) is 15.0 Å². The van der Waals surface area contributed by atoms with E-state index in [9.17, 15) is 9.18 Å². The SMILES string of the molecule is CCN1C(=O)N(C)c2cnc(Nc3ccc(Cl)c(F)c3)nc2N1C1CCCC1. The summed E-state index contributed by atoms with van der Waals surface area (Å²) < 4.78 is 13.7. The van der Waals surface area contributed by atoms with E-state index in [0.717, 1.165) is 25.7 Å². The summed E-state index contributed by atoms with van der Waals surface area (Å²) in [4.78, 5) is 23.4. The average molecular weight is 405 g/mol. The minimum atomic E-state index is -0.514. The number of hydrogen-bond acceptors (Lipinski definition) is 5. The van der Waals surface area contributed by atoms with Crippen molar-refractivity contribution in [3.8, 4) is 0 Å². The molecule has 1 N–H and O–H groups in total. The summed E-state index contributed by atoms with van der Waals surface area (Å²) in [6.45, 7) is 2.50. The first-order chi connectivity index (χ1) is 13.5. The first kappa shape index (κ1) is 18.7. The van der Waals surface area contributed by atoms with Gasteiger partial charge in [0.15, 0.2) is 5.82 Å². The van der Waals surface area contributed by atoms with Crippen molar-refractivity contribution in [2.75, 3.05) is 28.8 Å². The first-order valence-corrected chi connectivity index (χ1v) is 9.81. The maximum atomic E-state index is 13.7. The van der Waals surface area contributed by atoms with Crippen LogP contribution in [0.3, 0.4) is 0 Å². The number of rotatable bonds is 4. The molecule has 4 rings (SSSR count). The molecule has 2 amide bonds. The third-order valence-corrected chi connectivity index (χ3v) is 5.55. The molecular formula is C19H22ClFN6O. The van der Waals surface area contributed by atoms with Gasteiger partial charge in [-0.2, -0.15) is 4.98 Å². The van der Waals surface area contributed by atoms with E-state index in [1.807, 2.05) is 11.9 Å². The van der Waals surface area contributed by atoms with Gasteiger partial charge < -0.3 is 5.32 Å². The lowest BCUT2D eigenvalue weighted by molar-refractivity contribution is 0.191.